The van der Waals surface area contributed by atoms with Gasteiger partial charge in [0.05, 0.1) is 12.6 Å². The lowest BCUT2D eigenvalue weighted by Crippen LogP contribution is -2.52. The van der Waals surface area contributed by atoms with Crippen LogP contribution < -0.4 is 10.6 Å². The summed E-state index contributed by atoms with van der Waals surface area (Å²) in [7, 11) is 1.73. The molecule has 5 nitrogen and oxygen atoms in total. The van der Waals surface area contributed by atoms with Crippen LogP contribution in [0, 0.1) is 5.92 Å². The molecule has 2 atom stereocenters. The van der Waals surface area contributed by atoms with Crippen LogP contribution in [0.4, 0.5) is 0 Å². The van der Waals surface area contributed by atoms with Gasteiger partial charge in [-0.2, -0.15) is 0 Å². The standard InChI is InChI=1S/C17H25BrN2O3/c1-5-23-17(22)14(10-12-8-6-7-9-13(12)18)20-16(21)15(19-4)11(2)3/h6-9,11,14-15,19H,5,10H2,1-4H3,(H,20,21)/t14-,15-/m0/s1. The molecule has 1 aromatic rings. The monoisotopic (exact) mass is 384 g/mol. The molecule has 0 aliphatic rings. The third-order valence-corrected chi connectivity index (χ3v) is 4.30. The minimum atomic E-state index is -0.712. The number of carbonyl (C=O) groups is 2. The maximum absolute atomic E-state index is 12.4. The Morgan fingerprint density at radius 3 is 2.43 bits per heavy atom. The highest BCUT2D eigenvalue weighted by Crippen LogP contribution is 2.18. The average molecular weight is 385 g/mol. The molecule has 0 heterocycles. The van der Waals surface area contributed by atoms with E-state index in [-0.39, 0.29) is 24.5 Å². The summed E-state index contributed by atoms with van der Waals surface area (Å²) in [6.45, 7) is 5.93. The number of hydrogen-bond acceptors (Lipinski definition) is 4. The lowest BCUT2D eigenvalue weighted by molar-refractivity contribution is -0.147. The Hall–Kier alpha value is -1.40. The molecule has 0 saturated heterocycles. The van der Waals surface area contributed by atoms with E-state index in [1.54, 1.807) is 14.0 Å². The number of hydrogen-bond donors (Lipinski definition) is 2. The van der Waals surface area contributed by atoms with Crippen LogP contribution in [0.15, 0.2) is 28.7 Å². The van der Waals surface area contributed by atoms with Crippen molar-refractivity contribution in [3.8, 4) is 0 Å². The molecule has 2 N–H and O–H groups in total. The number of esters is 1. The van der Waals surface area contributed by atoms with E-state index in [1.807, 2.05) is 38.1 Å². The summed E-state index contributed by atoms with van der Waals surface area (Å²) < 4.78 is 6.00. The van der Waals surface area contributed by atoms with E-state index in [0.29, 0.717) is 6.42 Å². The predicted molar refractivity (Wildman–Crippen MR) is 94.1 cm³/mol. The zero-order valence-electron chi connectivity index (χ0n) is 14.1. The molecule has 0 aromatic heterocycles. The second kappa shape index (κ2) is 9.67. The number of benzene rings is 1. The van der Waals surface area contributed by atoms with E-state index < -0.39 is 12.0 Å². The Morgan fingerprint density at radius 2 is 1.91 bits per heavy atom. The largest absolute Gasteiger partial charge is 0.464 e. The van der Waals surface area contributed by atoms with Crippen molar-refractivity contribution >= 4 is 27.8 Å². The zero-order valence-corrected chi connectivity index (χ0v) is 15.6. The quantitative estimate of drug-likeness (QED) is 0.674. The van der Waals surface area contributed by atoms with Gasteiger partial charge in [-0.3, -0.25) is 4.79 Å². The van der Waals surface area contributed by atoms with Crippen LogP contribution in [-0.4, -0.2) is 37.6 Å². The first-order valence-corrected chi connectivity index (χ1v) is 8.57. The summed E-state index contributed by atoms with van der Waals surface area (Å²) in [6.07, 6.45) is 0.376. The molecule has 1 aromatic carbocycles. The van der Waals surface area contributed by atoms with Crippen molar-refractivity contribution in [3.05, 3.63) is 34.3 Å². The minimum Gasteiger partial charge on any atom is -0.464 e. The molecule has 128 valence electrons. The van der Waals surface area contributed by atoms with Crippen molar-refractivity contribution in [1.82, 2.24) is 10.6 Å². The molecule has 0 radical (unpaired) electrons. The molecule has 1 amide bonds. The fraction of sp³-hybridized carbons (Fsp3) is 0.529. The van der Waals surface area contributed by atoms with Crippen LogP contribution >= 0.6 is 15.9 Å². The fourth-order valence-electron chi connectivity index (χ4n) is 2.35. The Morgan fingerprint density at radius 1 is 1.26 bits per heavy atom. The predicted octanol–water partition coefficient (Wildman–Crippen LogP) is 2.28. The fourth-order valence-corrected chi connectivity index (χ4v) is 2.80. The topological polar surface area (TPSA) is 67.4 Å². The molecule has 0 saturated carbocycles. The number of ether oxygens (including phenoxy) is 1. The van der Waals surface area contributed by atoms with E-state index >= 15 is 0 Å². The lowest BCUT2D eigenvalue weighted by Gasteiger charge is -2.24. The van der Waals surface area contributed by atoms with Gasteiger partial charge in [0.25, 0.3) is 0 Å². The van der Waals surface area contributed by atoms with Crippen LogP contribution in [0.2, 0.25) is 0 Å². The number of halogens is 1. The van der Waals surface area contributed by atoms with Gasteiger partial charge in [0, 0.05) is 10.9 Å². The van der Waals surface area contributed by atoms with Gasteiger partial charge in [-0.05, 0) is 31.5 Å². The number of carbonyl (C=O) groups excluding carboxylic acids is 2. The summed E-state index contributed by atoms with van der Waals surface area (Å²) in [5, 5.41) is 5.79. The molecular formula is C17H25BrN2O3. The molecule has 0 unspecified atom stereocenters. The van der Waals surface area contributed by atoms with Crippen LogP contribution in [0.3, 0.4) is 0 Å². The van der Waals surface area contributed by atoms with E-state index in [0.717, 1.165) is 10.0 Å². The van der Waals surface area contributed by atoms with Crippen molar-refractivity contribution < 1.29 is 14.3 Å². The van der Waals surface area contributed by atoms with E-state index in [1.165, 1.54) is 0 Å². The molecule has 0 fully saturated rings. The highest BCUT2D eigenvalue weighted by Gasteiger charge is 2.27. The van der Waals surface area contributed by atoms with Gasteiger partial charge in [-0.1, -0.05) is 48.0 Å². The summed E-state index contributed by atoms with van der Waals surface area (Å²) >= 11 is 3.47. The maximum Gasteiger partial charge on any atom is 0.328 e. The van der Waals surface area contributed by atoms with Crippen LogP contribution in [0.1, 0.15) is 26.3 Å². The number of likely N-dealkylation sites (N-methyl/N-ethyl adjacent to an activating group) is 1. The van der Waals surface area contributed by atoms with Crippen LogP contribution in [0.5, 0.6) is 0 Å². The molecule has 0 aliphatic heterocycles. The SMILES string of the molecule is CCOC(=O)[C@H](Cc1ccccc1Br)NC(=O)[C@@H](NC)C(C)C. The van der Waals surface area contributed by atoms with Gasteiger partial charge >= 0.3 is 5.97 Å². The molecular weight excluding hydrogens is 360 g/mol. The minimum absolute atomic E-state index is 0.117. The molecule has 6 heteroatoms. The first-order chi connectivity index (χ1) is 10.9. The van der Waals surface area contributed by atoms with Gasteiger partial charge in [-0.15, -0.1) is 0 Å². The first-order valence-electron chi connectivity index (χ1n) is 7.78. The van der Waals surface area contributed by atoms with E-state index in [4.69, 9.17) is 4.74 Å². The van der Waals surface area contributed by atoms with Crippen molar-refractivity contribution in [2.24, 2.45) is 5.92 Å². The van der Waals surface area contributed by atoms with Crippen molar-refractivity contribution in [2.45, 2.75) is 39.3 Å². The third kappa shape index (κ3) is 5.95. The summed E-state index contributed by atoms with van der Waals surface area (Å²) in [4.78, 5) is 24.6. The van der Waals surface area contributed by atoms with Crippen molar-refractivity contribution in [2.75, 3.05) is 13.7 Å². The highest BCUT2D eigenvalue weighted by atomic mass is 79.9. The van der Waals surface area contributed by atoms with Gasteiger partial charge < -0.3 is 15.4 Å². The average Bonchev–Trinajstić information content (AvgIpc) is 2.49. The number of rotatable bonds is 8. The van der Waals surface area contributed by atoms with Crippen LogP contribution in [0.25, 0.3) is 0 Å². The summed E-state index contributed by atoms with van der Waals surface area (Å²) in [6, 6.07) is 6.56. The smallest absolute Gasteiger partial charge is 0.328 e. The van der Waals surface area contributed by atoms with E-state index in [2.05, 4.69) is 26.6 Å². The lowest BCUT2D eigenvalue weighted by atomic mass is 10.0. The van der Waals surface area contributed by atoms with Gasteiger partial charge in [0.1, 0.15) is 6.04 Å². The summed E-state index contributed by atoms with van der Waals surface area (Å²) in [5.74, 6) is -0.505. The van der Waals surface area contributed by atoms with Crippen molar-refractivity contribution in [3.63, 3.8) is 0 Å². The Bertz CT molecular complexity index is 534. The van der Waals surface area contributed by atoms with E-state index in [9.17, 15) is 9.59 Å². The van der Waals surface area contributed by atoms with Gasteiger partial charge in [-0.25, -0.2) is 4.79 Å². The molecule has 0 bridgehead atoms. The van der Waals surface area contributed by atoms with Crippen LogP contribution in [-0.2, 0) is 20.7 Å². The van der Waals surface area contributed by atoms with Crippen molar-refractivity contribution in [1.29, 1.82) is 0 Å². The summed E-state index contributed by atoms with van der Waals surface area (Å²) in [5.41, 5.74) is 0.941. The second-order valence-corrected chi connectivity index (χ2v) is 6.47. The molecule has 0 spiro atoms. The number of amides is 1. The Balaban J connectivity index is 2.91. The van der Waals surface area contributed by atoms with Gasteiger partial charge in [0.2, 0.25) is 5.91 Å². The number of nitrogens with one attached hydrogen (secondary N) is 2. The Kier molecular flexibility index (Phi) is 8.26. The zero-order chi connectivity index (χ0) is 17.4. The molecule has 23 heavy (non-hydrogen) atoms. The molecule has 0 aliphatic carbocycles. The maximum atomic E-state index is 12.4. The van der Waals surface area contributed by atoms with Gasteiger partial charge in [0.15, 0.2) is 0 Å². The normalized spacial score (nSPS) is 13.5. The third-order valence-electron chi connectivity index (χ3n) is 3.53. The molecule has 1 rings (SSSR count). The highest BCUT2D eigenvalue weighted by molar-refractivity contribution is 9.10. The Labute approximate surface area is 146 Å². The second-order valence-electron chi connectivity index (χ2n) is 5.62. The first kappa shape index (κ1) is 19.6.